The van der Waals surface area contributed by atoms with Gasteiger partial charge in [-0.25, -0.2) is 4.79 Å². The van der Waals surface area contributed by atoms with E-state index in [1.54, 1.807) is 0 Å². The van der Waals surface area contributed by atoms with Crippen molar-refractivity contribution in [2.75, 3.05) is 20.2 Å². The van der Waals surface area contributed by atoms with E-state index in [1.807, 2.05) is 6.08 Å². The Balaban J connectivity index is 2.16. The van der Waals surface area contributed by atoms with Crippen molar-refractivity contribution in [2.45, 2.75) is 19.3 Å². The van der Waals surface area contributed by atoms with Gasteiger partial charge in [-0.3, -0.25) is 0 Å². The average molecular weight is 183 g/mol. The lowest BCUT2D eigenvalue weighted by molar-refractivity contribution is -0.134. The van der Waals surface area contributed by atoms with E-state index in [2.05, 4.69) is 10.1 Å². The third-order valence-electron chi connectivity index (χ3n) is 2.38. The van der Waals surface area contributed by atoms with Crippen LogP contribution in [0.2, 0.25) is 0 Å². The highest BCUT2D eigenvalue weighted by atomic mass is 16.5. The van der Waals surface area contributed by atoms with Crippen LogP contribution in [-0.4, -0.2) is 26.2 Å². The average Bonchev–Trinajstić information content (AvgIpc) is 2.19. The highest BCUT2D eigenvalue weighted by molar-refractivity contribution is 5.81. The van der Waals surface area contributed by atoms with Crippen LogP contribution in [-0.2, 0) is 9.53 Å². The summed E-state index contributed by atoms with van der Waals surface area (Å²) >= 11 is 0. The molecule has 0 aromatic heterocycles. The van der Waals surface area contributed by atoms with Crippen molar-refractivity contribution in [3.05, 3.63) is 12.2 Å². The molecule has 0 amide bonds. The van der Waals surface area contributed by atoms with Crippen molar-refractivity contribution in [3.63, 3.8) is 0 Å². The molecule has 0 aliphatic carbocycles. The number of piperidine rings is 1. The minimum Gasteiger partial charge on any atom is -0.466 e. The largest absolute Gasteiger partial charge is 0.466 e. The van der Waals surface area contributed by atoms with Gasteiger partial charge in [0.15, 0.2) is 0 Å². The van der Waals surface area contributed by atoms with Gasteiger partial charge >= 0.3 is 5.97 Å². The molecule has 1 aliphatic heterocycles. The molecular formula is C10H17NO2. The zero-order valence-corrected chi connectivity index (χ0v) is 8.08. The number of methoxy groups -OCH3 is 1. The Labute approximate surface area is 79.2 Å². The van der Waals surface area contributed by atoms with E-state index in [1.165, 1.54) is 26.0 Å². The van der Waals surface area contributed by atoms with E-state index in [0.29, 0.717) is 0 Å². The number of allylic oxidation sites excluding steroid dienone is 1. The molecule has 3 nitrogen and oxygen atoms in total. The Morgan fingerprint density at radius 1 is 1.54 bits per heavy atom. The Hall–Kier alpha value is -0.830. The fourth-order valence-electron chi connectivity index (χ4n) is 1.54. The van der Waals surface area contributed by atoms with Crippen LogP contribution in [0.3, 0.4) is 0 Å². The SMILES string of the molecule is COC(=O)/C=C/CC1CCNCC1. The molecule has 1 aliphatic rings. The summed E-state index contributed by atoms with van der Waals surface area (Å²) in [7, 11) is 1.40. The second kappa shape index (κ2) is 5.75. The molecule has 0 atom stereocenters. The summed E-state index contributed by atoms with van der Waals surface area (Å²) in [6, 6.07) is 0. The van der Waals surface area contributed by atoms with Gasteiger partial charge < -0.3 is 10.1 Å². The molecule has 0 bridgehead atoms. The van der Waals surface area contributed by atoms with Crippen LogP contribution in [0.4, 0.5) is 0 Å². The molecular weight excluding hydrogens is 166 g/mol. The highest BCUT2D eigenvalue weighted by Crippen LogP contribution is 2.15. The van der Waals surface area contributed by atoms with Gasteiger partial charge in [0, 0.05) is 6.08 Å². The van der Waals surface area contributed by atoms with Crippen LogP contribution in [0.25, 0.3) is 0 Å². The summed E-state index contributed by atoms with van der Waals surface area (Å²) < 4.78 is 4.50. The number of esters is 1. The van der Waals surface area contributed by atoms with Gasteiger partial charge in [-0.2, -0.15) is 0 Å². The Morgan fingerprint density at radius 2 is 2.23 bits per heavy atom. The maximum absolute atomic E-state index is 10.7. The minimum absolute atomic E-state index is 0.256. The standard InChI is InChI=1S/C10H17NO2/c1-13-10(12)4-2-3-9-5-7-11-8-6-9/h2,4,9,11H,3,5-8H2,1H3/b4-2+. The lowest BCUT2D eigenvalue weighted by Gasteiger charge is -2.20. The monoisotopic (exact) mass is 183 g/mol. The van der Waals surface area contributed by atoms with Gasteiger partial charge in [0.2, 0.25) is 0 Å². The van der Waals surface area contributed by atoms with E-state index in [4.69, 9.17) is 0 Å². The maximum atomic E-state index is 10.7. The molecule has 1 rings (SSSR count). The fourth-order valence-corrected chi connectivity index (χ4v) is 1.54. The quantitative estimate of drug-likeness (QED) is 0.526. The van der Waals surface area contributed by atoms with Gasteiger partial charge in [0.1, 0.15) is 0 Å². The lowest BCUT2D eigenvalue weighted by atomic mass is 9.95. The zero-order valence-electron chi connectivity index (χ0n) is 8.08. The van der Waals surface area contributed by atoms with Crippen molar-refractivity contribution in [3.8, 4) is 0 Å². The number of rotatable bonds is 3. The summed E-state index contributed by atoms with van der Waals surface area (Å²) in [6.07, 6.45) is 6.86. The van der Waals surface area contributed by atoms with Crippen LogP contribution in [0.1, 0.15) is 19.3 Å². The van der Waals surface area contributed by atoms with Crippen molar-refractivity contribution in [1.82, 2.24) is 5.32 Å². The van der Waals surface area contributed by atoms with Crippen LogP contribution in [0.15, 0.2) is 12.2 Å². The maximum Gasteiger partial charge on any atom is 0.330 e. The number of hydrogen-bond donors (Lipinski definition) is 1. The summed E-state index contributed by atoms with van der Waals surface area (Å²) in [5.74, 6) is 0.482. The van der Waals surface area contributed by atoms with E-state index in [9.17, 15) is 4.79 Å². The van der Waals surface area contributed by atoms with Crippen LogP contribution >= 0.6 is 0 Å². The number of hydrogen-bond acceptors (Lipinski definition) is 3. The first-order chi connectivity index (χ1) is 6.33. The van der Waals surface area contributed by atoms with Crippen molar-refractivity contribution >= 4 is 5.97 Å². The summed E-state index contributed by atoms with van der Waals surface area (Å²) in [4.78, 5) is 10.7. The second-order valence-electron chi connectivity index (χ2n) is 3.35. The molecule has 1 saturated heterocycles. The first-order valence-electron chi connectivity index (χ1n) is 4.78. The molecule has 0 radical (unpaired) electrons. The number of nitrogens with one attached hydrogen (secondary N) is 1. The van der Waals surface area contributed by atoms with E-state index >= 15 is 0 Å². The van der Waals surface area contributed by atoms with E-state index in [0.717, 1.165) is 25.4 Å². The highest BCUT2D eigenvalue weighted by Gasteiger charge is 2.10. The second-order valence-corrected chi connectivity index (χ2v) is 3.35. The molecule has 0 saturated carbocycles. The first kappa shape index (κ1) is 10.3. The lowest BCUT2D eigenvalue weighted by Crippen LogP contribution is -2.27. The molecule has 0 spiro atoms. The Bertz CT molecular complexity index is 183. The molecule has 0 aromatic carbocycles. The zero-order chi connectivity index (χ0) is 9.52. The first-order valence-corrected chi connectivity index (χ1v) is 4.78. The summed E-state index contributed by atoms with van der Waals surface area (Å²) in [5, 5.41) is 3.31. The summed E-state index contributed by atoms with van der Waals surface area (Å²) in [5.41, 5.74) is 0. The van der Waals surface area contributed by atoms with Gasteiger partial charge in [-0.05, 0) is 38.3 Å². The molecule has 3 heteroatoms. The molecule has 0 aromatic rings. The number of ether oxygens (including phenoxy) is 1. The predicted molar refractivity (Wildman–Crippen MR) is 51.4 cm³/mol. The normalized spacial score (nSPS) is 19.2. The third-order valence-corrected chi connectivity index (χ3v) is 2.38. The molecule has 1 heterocycles. The Kier molecular flexibility index (Phi) is 4.54. The van der Waals surface area contributed by atoms with E-state index < -0.39 is 0 Å². The van der Waals surface area contributed by atoms with Gasteiger partial charge in [0.25, 0.3) is 0 Å². The third kappa shape index (κ3) is 4.08. The van der Waals surface area contributed by atoms with E-state index in [-0.39, 0.29) is 5.97 Å². The topological polar surface area (TPSA) is 38.3 Å². The summed E-state index contributed by atoms with van der Waals surface area (Å²) in [6.45, 7) is 2.22. The van der Waals surface area contributed by atoms with Gasteiger partial charge in [-0.15, -0.1) is 0 Å². The van der Waals surface area contributed by atoms with Crippen LogP contribution < -0.4 is 5.32 Å². The fraction of sp³-hybridized carbons (Fsp3) is 0.700. The van der Waals surface area contributed by atoms with Gasteiger partial charge in [-0.1, -0.05) is 6.08 Å². The molecule has 74 valence electrons. The minimum atomic E-state index is -0.256. The molecule has 0 unspecified atom stereocenters. The molecule has 1 fully saturated rings. The number of carbonyl (C=O) groups is 1. The smallest absolute Gasteiger partial charge is 0.330 e. The Morgan fingerprint density at radius 3 is 2.85 bits per heavy atom. The van der Waals surface area contributed by atoms with Crippen molar-refractivity contribution in [2.24, 2.45) is 5.92 Å². The van der Waals surface area contributed by atoms with Crippen LogP contribution in [0.5, 0.6) is 0 Å². The van der Waals surface area contributed by atoms with Gasteiger partial charge in [0.05, 0.1) is 7.11 Å². The number of carbonyl (C=O) groups excluding carboxylic acids is 1. The van der Waals surface area contributed by atoms with Crippen molar-refractivity contribution in [1.29, 1.82) is 0 Å². The predicted octanol–water partition coefficient (Wildman–Crippen LogP) is 1.11. The molecule has 1 N–H and O–H groups in total. The van der Waals surface area contributed by atoms with Crippen molar-refractivity contribution < 1.29 is 9.53 Å². The molecule has 13 heavy (non-hydrogen) atoms. The van der Waals surface area contributed by atoms with Crippen LogP contribution in [0, 0.1) is 5.92 Å².